The first kappa shape index (κ1) is 16.7. The molecule has 0 aliphatic rings. The molecule has 3 heterocycles. The molecule has 126 valence electrons. The minimum absolute atomic E-state index is 0.604. The maximum absolute atomic E-state index is 5.30. The quantitative estimate of drug-likeness (QED) is 0.596. The highest BCUT2D eigenvalue weighted by Gasteiger charge is 2.09. The zero-order chi connectivity index (χ0) is 16.6. The number of furan rings is 1. The van der Waals surface area contributed by atoms with Gasteiger partial charge in [-0.15, -0.1) is 5.10 Å². The summed E-state index contributed by atoms with van der Waals surface area (Å²) in [5.74, 6) is 4.40. The lowest BCUT2D eigenvalue weighted by Crippen LogP contribution is -2.20. The van der Waals surface area contributed by atoms with Gasteiger partial charge >= 0.3 is 0 Å². The molecule has 3 aromatic rings. The van der Waals surface area contributed by atoms with Crippen LogP contribution in [0, 0.1) is 0 Å². The molecule has 0 saturated heterocycles. The third kappa shape index (κ3) is 4.42. The molecule has 0 fully saturated rings. The van der Waals surface area contributed by atoms with E-state index in [4.69, 9.17) is 4.42 Å². The molecular weight excluding hydrogens is 324 g/mol. The van der Waals surface area contributed by atoms with Crippen molar-refractivity contribution in [2.45, 2.75) is 25.6 Å². The smallest absolute Gasteiger partial charge is 0.172 e. The van der Waals surface area contributed by atoms with Crippen molar-refractivity contribution in [2.75, 3.05) is 12.3 Å². The topological polar surface area (TPSA) is 81.7 Å². The lowest BCUT2D eigenvalue weighted by Gasteiger charge is -2.06. The second-order valence-corrected chi connectivity index (χ2v) is 6.30. The Morgan fingerprint density at radius 1 is 1.33 bits per heavy atom. The van der Waals surface area contributed by atoms with Crippen molar-refractivity contribution in [2.24, 2.45) is 0 Å². The second-order valence-electron chi connectivity index (χ2n) is 5.19. The predicted octanol–water partition coefficient (Wildman–Crippen LogP) is 2.24. The summed E-state index contributed by atoms with van der Waals surface area (Å²) in [6.07, 6.45) is 4.45. The summed E-state index contributed by atoms with van der Waals surface area (Å²) in [7, 11) is 0. The van der Waals surface area contributed by atoms with E-state index in [0.717, 1.165) is 41.9 Å². The van der Waals surface area contributed by atoms with Gasteiger partial charge in [-0.2, -0.15) is 16.4 Å². The number of hydrogen-bond donors (Lipinski definition) is 1. The molecule has 24 heavy (non-hydrogen) atoms. The van der Waals surface area contributed by atoms with E-state index in [-0.39, 0.29) is 0 Å². The zero-order valence-corrected chi connectivity index (χ0v) is 14.4. The lowest BCUT2D eigenvalue weighted by molar-refractivity contribution is 0.530. The van der Waals surface area contributed by atoms with E-state index in [1.165, 1.54) is 5.56 Å². The van der Waals surface area contributed by atoms with Crippen molar-refractivity contribution in [3.05, 3.63) is 53.9 Å². The molecule has 7 nitrogen and oxygen atoms in total. The van der Waals surface area contributed by atoms with Crippen LogP contribution < -0.4 is 5.32 Å². The molecule has 0 bridgehead atoms. The van der Waals surface area contributed by atoms with Gasteiger partial charge in [0.05, 0.1) is 18.6 Å². The first-order chi connectivity index (χ1) is 11.9. The van der Waals surface area contributed by atoms with Crippen molar-refractivity contribution in [3.8, 4) is 5.82 Å². The molecule has 0 atom stereocenters. The molecule has 0 aliphatic carbocycles. The van der Waals surface area contributed by atoms with Crippen LogP contribution in [0.25, 0.3) is 5.82 Å². The molecule has 3 rings (SSSR count). The summed E-state index contributed by atoms with van der Waals surface area (Å²) in [6.45, 7) is 3.59. The summed E-state index contributed by atoms with van der Waals surface area (Å²) >= 11 is 1.83. The number of rotatable bonds is 9. The Hall–Kier alpha value is -2.19. The van der Waals surface area contributed by atoms with Crippen molar-refractivity contribution < 1.29 is 4.42 Å². The van der Waals surface area contributed by atoms with Crippen LogP contribution in [-0.2, 0) is 18.7 Å². The largest absolute Gasteiger partial charge is 0.468 e. The normalized spacial score (nSPS) is 11.0. The summed E-state index contributed by atoms with van der Waals surface area (Å²) < 4.78 is 6.99. The van der Waals surface area contributed by atoms with Gasteiger partial charge in [0.2, 0.25) is 0 Å². The van der Waals surface area contributed by atoms with Crippen LogP contribution in [0.4, 0.5) is 0 Å². The van der Waals surface area contributed by atoms with Gasteiger partial charge in [0.15, 0.2) is 11.6 Å². The van der Waals surface area contributed by atoms with E-state index in [0.29, 0.717) is 6.54 Å². The molecule has 0 radical (unpaired) electrons. The average Bonchev–Trinajstić information content (AvgIpc) is 3.29. The van der Waals surface area contributed by atoms with Gasteiger partial charge in [-0.1, -0.05) is 6.92 Å². The number of pyridine rings is 1. The van der Waals surface area contributed by atoms with E-state index < -0.39 is 0 Å². The van der Waals surface area contributed by atoms with Gasteiger partial charge in [0.1, 0.15) is 5.76 Å². The van der Waals surface area contributed by atoms with Crippen LogP contribution in [0.3, 0.4) is 0 Å². The van der Waals surface area contributed by atoms with Crippen LogP contribution >= 0.6 is 11.8 Å². The Kier molecular flexibility index (Phi) is 5.97. The van der Waals surface area contributed by atoms with Gasteiger partial charge in [-0.25, -0.2) is 4.98 Å². The van der Waals surface area contributed by atoms with Crippen molar-refractivity contribution in [3.63, 3.8) is 0 Å². The van der Waals surface area contributed by atoms with Crippen LogP contribution in [0.5, 0.6) is 0 Å². The van der Waals surface area contributed by atoms with Crippen molar-refractivity contribution >= 4 is 11.8 Å². The number of nitrogens with one attached hydrogen (secondary N) is 1. The Labute approximate surface area is 144 Å². The summed E-state index contributed by atoms with van der Waals surface area (Å²) in [4.78, 5) is 4.35. The predicted molar refractivity (Wildman–Crippen MR) is 92.9 cm³/mol. The van der Waals surface area contributed by atoms with E-state index in [1.807, 2.05) is 36.0 Å². The number of aryl methyl sites for hydroxylation is 1. The van der Waals surface area contributed by atoms with Crippen LogP contribution in [0.2, 0.25) is 0 Å². The zero-order valence-electron chi connectivity index (χ0n) is 13.6. The lowest BCUT2D eigenvalue weighted by atomic mass is 10.2. The highest BCUT2D eigenvalue weighted by atomic mass is 32.2. The Morgan fingerprint density at radius 3 is 3.12 bits per heavy atom. The van der Waals surface area contributed by atoms with Crippen LogP contribution in [0.1, 0.15) is 24.1 Å². The van der Waals surface area contributed by atoms with Gasteiger partial charge in [-0.05, 0) is 46.7 Å². The van der Waals surface area contributed by atoms with Gasteiger partial charge in [0.25, 0.3) is 0 Å². The van der Waals surface area contributed by atoms with Gasteiger partial charge in [-0.3, -0.25) is 0 Å². The minimum atomic E-state index is 0.604. The number of hydrogen-bond acceptors (Lipinski definition) is 7. The van der Waals surface area contributed by atoms with E-state index in [9.17, 15) is 0 Å². The fourth-order valence-corrected chi connectivity index (χ4v) is 3.00. The van der Waals surface area contributed by atoms with E-state index in [2.05, 4.69) is 32.7 Å². The first-order valence-corrected chi connectivity index (χ1v) is 9.05. The molecule has 0 spiro atoms. The third-order valence-corrected chi connectivity index (χ3v) is 4.48. The SMILES string of the molecule is CCc1ccnc(-n2nnnc2CNCCSCc2ccco2)c1. The fraction of sp³-hybridized carbons (Fsp3) is 0.375. The number of nitrogens with zero attached hydrogens (tertiary/aromatic N) is 5. The summed E-state index contributed by atoms with van der Waals surface area (Å²) in [5.41, 5.74) is 1.21. The molecule has 0 aromatic carbocycles. The Morgan fingerprint density at radius 2 is 2.29 bits per heavy atom. The van der Waals surface area contributed by atoms with Crippen molar-refractivity contribution in [1.82, 2.24) is 30.5 Å². The molecule has 0 unspecified atom stereocenters. The Bertz CT molecular complexity index is 743. The van der Waals surface area contributed by atoms with E-state index in [1.54, 1.807) is 17.1 Å². The Balaban J connectivity index is 1.47. The van der Waals surface area contributed by atoms with Crippen molar-refractivity contribution in [1.29, 1.82) is 0 Å². The molecule has 3 aromatic heterocycles. The van der Waals surface area contributed by atoms with Crippen LogP contribution in [-0.4, -0.2) is 37.5 Å². The first-order valence-electron chi connectivity index (χ1n) is 7.90. The summed E-state index contributed by atoms with van der Waals surface area (Å²) in [6, 6.07) is 7.92. The molecule has 0 aliphatic heterocycles. The molecule has 0 saturated carbocycles. The van der Waals surface area contributed by atoms with Gasteiger partial charge in [0, 0.05) is 18.5 Å². The highest BCUT2D eigenvalue weighted by Crippen LogP contribution is 2.11. The summed E-state index contributed by atoms with van der Waals surface area (Å²) in [5, 5.41) is 15.3. The van der Waals surface area contributed by atoms with Crippen LogP contribution in [0.15, 0.2) is 41.1 Å². The van der Waals surface area contributed by atoms with E-state index >= 15 is 0 Å². The third-order valence-electron chi connectivity index (χ3n) is 3.50. The molecule has 8 heteroatoms. The molecule has 1 N–H and O–H groups in total. The van der Waals surface area contributed by atoms with Gasteiger partial charge < -0.3 is 9.73 Å². The standard InChI is InChI=1S/C16H20N6OS/c1-2-13-5-6-18-15(10-13)22-16(19-20-21-22)11-17-7-9-24-12-14-4-3-8-23-14/h3-6,8,10,17H,2,7,9,11-12H2,1H3. The molecule has 0 amide bonds. The highest BCUT2D eigenvalue weighted by molar-refractivity contribution is 7.98. The number of aromatic nitrogens is 5. The maximum atomic E-state index is 5.30. The number of tetrazole rings is 1. The number of thioether (sulfide) groups is 1. The average molecular weight is 344 g/mol. The monoisotopic (exact) mass is 344 g/mol. The second kappa shape index (κ2) is 8.60. The molecular formula is C16H20N6OS. The maximum Gasteiger partial charge on any atom is 0.172 e. The minimum Gasteiger partial charge on any atom is -0.468 e. The fourth-order valence-electron chi connectivity index (χ4n) is 2.20.